The van der Waals surface area contributed by atoms with E-state index in [-0.39, 0.29) is 34.2 Å². The first-order chi connectivity index (χ1) is 17.3. The Morgan fingerprint density at radius 1 is 1.03 bits per heavy atom. The number of anilines is 1. The van der Waals surface area contributed by atoms with Crippen molar-refractivity contribution < 1.29 is 23.9 Å². The van der Waals surface area contributed by atoms with Gasteiger partial charge in [0.1, 0.15) is 15.4 Å². The van der Waals surface area contributed by atoms with Gasteiger partial charge in [-0.15, -0.1) is 11.3 Å². The molecular formula is C26H26N4O5S. The molecule has 36 heavy (non-hydrogen) atoms. The number of carbonyl (C=O) groups excluding carboxylic acids is 3. The third-order valence-electron chi connectivity index (χ3n) is 5.47. The van der Waals surface area contributed by atoms with E-state index in [2.05, 4.69) is 15.4 Å². The van der Waals surface area contributed by atoms with Crippen LogP contribution in [0.1, 0.15) is 61.8 Å². The van der Waals surface area contributed by atoms with E-state index < -0.39 is 17.8 Å². The monoisotopic (exact) mass is 506 g/mol. The summed E-state index contributed by atoms with van der Waals surface area (Å²) in [6, 6.07) is 9.77. The van der Waals surface area contributed by atoms with E-state index in [4.69, 9.17) is 9.47 Å². The zero-order valence-corrected chi connectivity index (χ0v) is 21.3. The van der Waals surface area contributed by atoms with Crippen LogP contribution in [0.2, 0.25) is 0 Å². The Hall–Kier alpha value is -4.05. The number of hydrogen-bond acceptors (Lipinski definition) is 8. The van der Waals surface area contributed by atoms with Crippen LogP contribution in [-0.4, -0.2) is 45.7 Å². The van der Waals surface area contributed by atoms with Gasteiger partial charge in [0.2, 0.25) is 0 Å². The molecule has 186 valence electrons. The Kier molecular flexibility index (Phi) is 7.44. The maximum atomic E-state index is 13.3. The minimum Gasteiger partial charge on any atom is -0.462 e. The fourth-order valence-electron chi connectivity index (χ4n) is 3.67. The van der Waals surface area contributed by atoms with Crippen molar-refractivity contribution in [3.05, 3.63) is 69.9 Å². The standard InChI is InChI=1S/C26H26N4O5S/c1-5-13-35-25(32)20-16(4)21(26(33)34-6-2)36-24(20)29-23(31)18-14-28-30-19(11-12-27-22(18)30)17-9-7-15(3)8-10-17/h7-12,14H,5-6,13H2,1-4H3,(H,29,31). The van der Waals surface area contributed by atoms with E-state index in [0.29, 0.717) is 17.6 Å². The van der Waals surface area contributed by atoms with Gasteiger partial charge in [0.15, 0.2) is 5.65 Å². The number of nitrogens with zero attached hydrogens (tertiary/aromatic N) is 3. The molecule has 1 amide bonds. The molecule has 10 heteroatoms. The molecule has 0 aliphatic heterocycles. The summed E-state index contributed by atoms with van der Waals surface area (Å²) in [4.78, 5) is 43.2. The summed E-state index contributed by atoms with van der Waals surface area (Å²) < 4.78 is 12.0. The molecule has 0 aliphatic rings. The zero-order chi connectivity index (χ0) is 25.8. The maximum absolute atomic E-state index is 13.3. The molecule has 0 atom stereocenters. The van der Waals surface area contributed by atoms with E-state index in [1.165, 1.54) is 6.20 Å². The van der Waals surface area contributed by atoms with Gasteiger partial charge in [-0.2, -0.15) is 5.10 Å². The fraction of sp³-hybridized carbons (Fsp3) is 0.269. The first-order valence-electron chi connectivity index (χ1n) is 11.5. The molecule has 0 unspecified atom stereocenters. The van der Waals surface area contributed by atoms with Gasteiger partial charge in [-0.3, -0.25) is 4.79 Å². The number of hydrogen-bond donors (Lipinski definition) is 1. The number of amides is 1. The van der Waals surface area contributed by atoms with Gasteiger partial charge in [-0.25, -0.2) is 19.1 Å². The quantitative estimate of drug-likeness (QED) is 0.332. The molecular weight excluding hydrogens is 480 g/mol. The minimum absolute atomic E-state index is 0.134. The predicted octanol–water partition coefficient (Wildman–Crippen LogP) is 5.07. The summed E-state index contributed by atoms with van der Waals surface area (Å²) in [6.07, 6.45) is 3.68. The van der Waals surface area contributed by atoms with Gasteiger partial charge in [-0.1, -0.05) is 36.8 Å². The molecule has 4 aromatic rings. The van der Waals surface area contributed by atoms with Crippen molar-refractivity contribution in [3.63, 3.8) is 0 Å². The summed E-state index contributed by atoms with van der Waals surface area (Å²) in [6.45, 7) is 7.62. The Bertz CT molecular complexity index is 1440. The molecule has 0 saturated heterocycles. The van der Waals surface area contributed by atoms with Gasteiger partial charge in [0, 0.05) is 11.8 Å². The van der Waals surface area contributed by atoms with Crippen LogP contribution in [0.5, 0.6) is 0 Å². The summed E-state index contributed by atoms with van der Waals surface area (Å²) in [5.41, 5.74) is 3.95. The van der Waals surface area contributed by atoms with Crippen molar-refractivity contribution in [2.75, 3.05) is 18.5 Å². The third kappa shape index (κ3) is 4.85. The van der Waals surface area contributed by atoms with Crippen LogP contribution in [0.15, 0.2) is 42.7 Å². The highest BCUT2D eigenvalue weighted by Gasteiger charge is 2.28. The van der Waals surface area contributed by atoms with Gasteiger partial charge in [-0.05, 0) is 38.8 Å². The summed E-state index contributed by atoms with van der Waals surface area (Å²) >= 11 is 0.973. The topological polar surface area (TPSA) is 112 Å². The zero-order valence-electron chi connectivity index (χ0n) is 20.5. The maximum Gasteiger partial charge on any atom is 0.348 e. The molecule has 9 nitrogen and oxygen atoms in total. The number of fused-ring (bicyclic) bond motifs is 1. The Morgan fingerprint density at radius 3 is 2.47 bits per heavy atom. The smallest absolute Gasteiger partial charge is 0.348 e. The second-order valence-corrected chi connectivity index (χ2v) is 9.08. The number of carbonyl (C=O) groups is 3. The van der Waals surface area contributed by atoms with Crippen LogP contribution in [0.4, 0.5) is 5.00 Å². The van der Waals surface area contributed by atoms with E-state index in [0.717, 1.165) is 28.2 Å². The number of benzene rings is 1. The molecule has 1 N–H and O–H groups in total. The Labute approximate surface area is 212 Å². The lowest BCUT2D eigenvalue weighted by molar-refractivity contribution is 0.0506. The van der Waals surface area contributed by atoms with E-state index >= 15 is 0 Å². The number of thiophene rings is 1. The minimum atomic E-state index is -0.615. The molecule has 0 fully saturated rings. The van der Waals surface area contributed by atoms with Crippen molar-refractivity contribution >= 4 is 39.8 Å². The van der Waals surface area contributed by atoms with Crippen LogP contribution < -0.4 is 5.32 Å². The molecule has 3 heterocycles. The highest BCUT2D eigenvalue weighted by molar-refractivity contribution is 7.18. The van der Waals surface area contributed by atoms with Gasteiger partial charge in [0.25, 0.3) is 5.91 Å². The molecule has 0 bridgehead atoms. The number of esters is 2. The largest absolute Gasteiger partial charge is 0.462 e. The van der Waals surface area contributed by atoms with Crippen molar-refractivity contribution in [2.24, 2.45) is 0 Å². The number of aryl methyl sites for hydroxylation is 1. The van der Waals surface area contributed by atoms with E-state index in [1.807, 2.05) is 44.2 Å². The van der Waals surface area contributed by atoms with Crippen molar-refractivity contribution in [1.29, 1.82) is 0 Å². The molecule has 0 spiro atoms. The molecule has 0 radical (unpaired) electrons. The first kappa shape index (κ1) is 25.1. The number of rotatable bonds is 8. The van der Waals surface area contributed by atoms with E-state index in [9.17, 15) is 14.4 Å². The van der Waals surface area contributed by atoms with Crippen molar-refractivity contribution in [3.8, 4) is 11.3 Å². The van der Waals surface area contributed by atoms with Crippen molar-refractivity contribution in [2.45, 2.75) is 34.1 Å². The summed E-state index contributed by atoms with van der Waals surface area (Å²) in [5, 5.41) is 7.35. The molecule has 0 saturated carbocycles. The third-order valence-corrected chi connectivity index (χ3v) is 6.66. The van der Waals surface area contributed by atoms with Gasteiger partial charge in [0.05, 0.1) is 30.7 Å². The second-order valence-electron chi connectivity index (χ2n) is 8.06. The van der Waals surface area contributed by atoms with Crippen LogP contribution in [0.3, 0.4) is 0 Å². The van der Waals surface area contributed by atoms with Gasteiger partial charge < -0.3 is 14.8 Å². The normalized spacial score (nSPS) is 10.9. The predicted molar refractivity (Wildman–Crippen MR) is 137 cm³/mol. The lowest BCUT2D eigenvalue weighted by Crippen LogP contribution is -2.15. The average Bonchev–Trinajstić information content (AvgIpc) is 3.44. The van der Waals surface area contributed by atoms with E-state index in [1.54, 1.807) is 24.6 Å². The average molecular weight is 507 g/mol. The lowest BCUT2D eigenvalue weighted by Gasteiger charge is -2.08. The second kappa shape index (κ2) is 10.7. The molecule has 3 aromatic heterocycles. The number of aromatic nitrogens is 3. The fourth-order valence-corrected chi connectivity index (χ4v) is 4.75. The van der Waals surface area contributed by atoms with Crippen LogP contribution in [0, 0.1) is 13.8 Å². The van der Waals surface area contributed by atoms with Crippen LogP contribution >= 0.6 is 11.3 Å². The highest BCUT2D eigenvalue weighted by Crippen LogP contribution is 2.35. The lowest BCUT2D eigenvalue weighted by atomic mass is 10.1. The molecule has 4 rings (SSSR count). The number of ether oxygens (including phenoxy) is 2. The highest BCUT2D eigenvalue weighted by atomic mass is 32.1. The Balaban J connectivity index is 1.71. The van der Waals surface area contributed by atoms with Gasteiger partial charge >= 0.3 is 11.9 Å². The first-order valence-corrected chi connectivity index (χ1v) is 12.4. The summed E-state index contributed by atoms with van der Waals surface area (Å²) in [7, 11) is 0. The Morgan fingerprint density at radius 2 is 1.78 bits per heavy atom. The van der Waals surface area contributed by atoms with Crippen LogP contribution in [-0.2, 0) is 9.47 Å². The van der Waals surface area contributed by atoms with Crippen molar-refractivity contribution in [1.82, 2.24) is 14.6 Å². The summed E-state index contributed by atoms with van der Waals surface area (Å²) in [5.74, 6) is -1.69. The number of nitrogens with one attached hydrogen (secondary N) is 1. The molecule has 0 aliphatic carbocycles. The SMILES string of the molecule is CCCOC(=O)c1c(NC(=O)c2cnn3c(-c4ccc(C)cc4)ccnc23)sc(C(=O)OCC)c1C. The van der Waals surface area contributed by atoms with Crippen LogP contribution in [0.25, 0.3) is 16.9 Å². The molecule has 1 aromatic carbocycles.